The second-order valence-corrected chi connectivity index (χ2v) is 7.59. The normalized spacial score (nSPS) is 20.5. The molecule has 7 nitrogen and oxygen atoms in total. The molecule has 0 unspecified atom stereocenters. The fourth-order valence-corrected chi connectivity index (χ4v) is 4.60. The first-order chi connectivity index (χ1) is 10.5. The predicted molar refractivity (Wildman–Crippen MR) is 80.2 cm³/mol. The van der Waals surface area contributed by atoms with Crippen molar-refractivity contribution in [1.82, 2.24) is 14.5 Å². The number of furan rings is 1. The van der Waals surface area contributed by atoms with Gasteiger partial charge in [-0.1, -0.05) is 0 Å². The zero-order valence-corrected chi connectivity index (χ0v) is 13.5. The third-order valence-electron chi connectivity index (χ3n) is 4.17. The van der Waals surface area contributed by atoms with Crippen LogP contribution < -0.4 is 5.32 Å². The minimum Gasteiger partial charge on any atom is -0.455 e. The molecule has 1 N–H and O–H groups in total. The van der Waals surface area contributed by atoms with Crippen LogP contribution in [0, 0.1) is 6.92 Å². The Labute approximate surface area is 130 Å². The number of nitrogens with zero attached hydrogens (tertiary/aromatic N) is 2. The second-order valence-electron chi connectivity index (χ2n) is 5.68. The maximum Gasteiger partial charge on any atom is 0.289 e. The Balaban J connectivity index is 1.85. The number of rotatable bonds is 3. The van der Waals surface area contributed by atoms with Crippen LogP contribution in [0.5, 0.6) is 0 Å². The summed E-state index contributed by atoms with van der Waals surface area (Å²) in [4.78, 5) is 14.2. The van der Waals surface area contributed by atoms with E-state index in [-0.39, 0.29) is 22.3 Å². The number of amides is 1. The molecule has 1 aromatic heterocycles. The molecular formula is C14H21N3O4S. The number of carbonyl (C=O) groups is 1. The van der Waals surface area contributed by atoms with Crippen LogP contribution in [-0.4, -0.2) is 62.8 Å². The van der Waals surface area contributed by atoms with E-state index in [9.17, 15) is 13.2 Å². The number of hydrogen-bond acceptors (Lipinski definition) is 5. The standard InChI is InChI=1S/C14H21N3O4S/c1-11-13(22(19,20)17-6-2-3-7-17)10-12(21-11)14(18)16-8-4-15-5-9-16/h10,15H,2-9H2,1H3. The highest BCUT2D eigenvalue weighted by atomic mass is 32.2. The molecule has 0 aromatic carbocycles. The van der Waals surface area contributed by atoms with Crippen LogP contribution in [0.4, 0.5) is 0 Å². The van der Waals surface area contributed by atoms with Crippen molar-refractivity contribution in [2.45, 2.75) is 24.7 Å². The first-order valence-electron chi connectivity index (χ1n) is 7.61. The third-order valence-corrected chi connectivity index (χ3v) is 6.18. The Bertz CT molecular complexity index is 656. The van der Waals surface area contributed by atoms with Gasteiger partial charge < -0.3 is 14.6 Å². The SMILES string of the molecule is Cc1oc(C(=O)N2CCNCC2)cc1S(=O)(=O)N1CCCC1. The topological polar surface area (TPSA) is 82.9 Å². The molecular weight excluding hydrogens is 306 g/mol. The summed E-state index contributed by atoms with van der Waals surface area (Å²) >= 11 is 0. The number of sulfonamides is 1. The quantitative estimate of drug-likeness (QED) is 0.870. The number of hydrogen-bond donors (Lipinski definition) is 1. The highest BCUT2D eigenvalue weighted by Crippen LogP contribution is 2.27. The number of piperazine rings is 1. The Morgan fingerprint density at radius 2 is 1.82 bits per heavy atom. The summed E-state index contributed by atoms with van der Waals surface area (Å²) in [7, 11) is -3.56. The largest absolute Gasteiger partial charge is 0.455 e. The molecule has 0 saturated carbocycles. The fraction of sp³-hybridized carbons (Fsp3) is 0.643. The minimum atomic E-state index is -3.56. The Morgan fingerprint density at radius 3 is 2.45 bits per heavy atom. The lowest BCUT2D eigenvalue weighted by Gasteiger charge is -2.26. The van der Waals surface area contributed by atoms with Gasteiger partial charge >= 0.3 is 0 Å². The summed E-state index contributed by atoms with van der Waals surface area (Å²) in [5, 5.41) is 3.17. The van der Waals surface area contributed by atoms with Crippen LogP contribution in [0.15, 0.2) is 15.4 Å². The molecule has 2 aliphatic rings. The van der Waals surface area contributed by atoms with Crippen molar-refractivity contribution in [3.63, 3.8) is 0 Å². The molecule has 122 valence electrons. The summed E-state index contributed by atoms with van der Waals surface area (Å²) in [5.74, 6) is 0.148. The Kier molecular flexibility index (Phi) is 4.24. The molecule has 0 aliphatic carbocycles. The van der Waals surface area contributed by atoms with Gasteiger partial charge in [-0.2, -0.15) is 4.31 Å². The molecule has 2 aliphatic heterocycles. The molecule has 1 aromatic rings. The summed E-state index contributed by atoms with van der Waals surface area (Å²) in [6.07, 6.45) is 1.76. The fourth-order valence-electron chi connectivity index (χ4n) is 2.92. The van der Waals surface area contributed by atoms with Gasteiger partial charge in [0.2, 0.25) is 10.0 Å². The van der Waals surface area contributed by atoms with Crippen LogP contribution in [0.1, 0.15) is 29.2 Å². The first kappa shape index (κ1) is 15.5. The number of nitrogens with one attached hydrogen (secondary N) is 1. The van der Waals surface area contributed by atoms with Crippen molar-refractivity contribution in [3.05, 3.63) is 17.6 Å². The monoisotopic (exact) mass is 327 g/mol. The lowest BCUT2D eigenvalue weighted by Crippen LogP contribution is -2.46. The molecule has 0 spiro atoms. The van der Waals surface area contributed by atoms with Gasteiger partial charge in [-0.05, 0) is 19.8 Å². The molecule has 3 rings (SSSR count). The summed E-state index contributed by atoms with van der Waals surface area (Å²) < 4.78 is 32.1. The molecule has 3 heterocycles. The molecule has 0 bridgehead atoms. The van der Waals surface area contributed by atoms with Gasteiger partial charge in [-0.3, -0.25) is 4.79 Å². The van der Waals surface area contributed by atoms with Crippen LogP contribution in [0.25, 0.3) is 0 Å². The second kappa shape index (κ2) is 6.02. The number of carbonyl (C=O) groups excluding carboxylic acids is 1. The van der Waals surface area contributed by atoms with Crippen molar-refractivity contribution < 1.29 is 17.6 Å². The molecule has 8 heteroatoms. The molecule has 2 fully saturated rings. The molecule has 2 saturated heterocycles. The van der Waals surface area contributed by atoms with E-state index in [2.05, 4.69) is 5.32 Å². The van der Waals surface area contributed by atoms with Gasteiger partial charge in [0.15, 0.2) is 5.76 Å². The van der Waals surface area contributed by atoms with E-state index in [0.29, 0.717) is 26.2 Å². The molecule has 0 radical (unpaired) electrons. The van der Waals surface area contributed by atoms with Crippen molar-refractivity contribution >= 4 is 15.9 Å². The van der Waals surface area contributed by atoms with Crippen molar-refractivity contribution in [2.75, 3.05) is 39.3 Å². The van der Waals surface area contributed by atoms with Crippen LogP contribution in [0.2, 0.25) is 0 Å². The van der Waals surface area contributed by atoms with Crippen LogP contribution in [0.3, 0.4) is 0 Å². The van der Waals surface area contributed by atoms with E-state index >= 15 is 0 Å². The van der Waals surface area contributed by atoms with Crippen molar-refractivity contribution in [2.24, 2.45) is 0 Å². The van der Waals surface area contributed by atoms with Crippen molar-refractivity contribution in [3.8, 4) is 0 Å². The summed E-state index contributed by atoms with van der Waals surface area (Å²) in [6.45, 7) is 5.36. The highest BCUT2D eigenvalue weighted by Gasteiger charge is 2.32. The first-order valence-corrected chi connectivity index (χ1v) is 9.05. The van der Waals surface area contributed by atoms with E-state index in [1.165, 1.54) is 10.4 Å². The molecule has 1 amide bonds. The van der Waals surface area contributed by atoms with Gasteiger partial charge in [-0.25, -0.2) is 8.42 Å². The lowest BCUT2D eigenvalue weighted by molar-refractivity contribution is 0.0702. The van der Waals surface area contributed by atoms with Gasteiger partial charge in [0, 0.05) is 45.3 Å². The van der Waals surface area contributed by atoms with E-state index < -0.39 is 10.0 Å². The molecule has 0 atom stereocenters. The van der Waals surface area contributed by atoms with E-state index in [4.69, 9.17) is 4.42 Å². The highest BCUT2D eigenvalue weighted by molar-refractivity contribution is 7.89. The third kappa shape index (κ3) is 2.78. The van der Waals surface area contributed by atoms with Gasteiger partial charge in [0.1, 0.15) is 10.7 Å². The summed E-state index contributed by atoms with van der Waals surface area (Å²) in [5.41, 5.74) is 0. The molecule has 22 heavy (non-hydrogen) atoms. The Hall–Kier alpha value is -1.38. The van der Waals surface area contributed by atoms with E-state index in [1.807, 2.05) is 0 Å². The van der Waals surface area contributed by atoms with E-state index in [1.54, 1.807) is 11.8 Å². The minimum absolute atomic E-state index is 0.108. The van der Waals surface area contributed by atoms with Crippen LogP contribution >= 0.6 is 0 Å². The predicted octanol–water partition coefficient (Wildman–Crippen LogP) is 0.418. The van der Waals surface area contributed by atoms with Crippen molar-refractivity contribution in [1.29, 1.82) is 0 Å². The average Bonchev–Trinajstić information content (AvgIpc) is 3.17. The maximum absolute atomic E-state index is 12.6. The average molecular weight is 327 g/mol. The summed E-state index contributed by atoms with van der Waals surface area (Å²) in [6, 6.07) is 1.38. The Morgan fingerprint density at radius 1 is 1.18 bits per heavy atom. The van der Waals surface area contributed by atoms with Crippen LogP contribution in [-0.2, 0) is 10.0 Å². The zero-order chi connectivity index (χ0) is 15.7. The zero-order valence-electron chi connectivity index (χ0n) is 12.7. The number of aryl methyl sites for hydroxylation is 1. The van der Waals surface area contributed by atoms with Gasteiger partial charge in [0.25, 0.3) is 5.91 Å². The maximum atomic E-state index is 12.6. The van der Waals surface area contributed by atoms with Gasteiger partial charge in [0.05, 0.1) is 0 Å². The van der Waals surface area contributed by atoms with Gasteiger partial charge in [-0.15, -0.1) is 0 Å². The van der Waals surface area contributed by atoms with E-state index in [0.717, 1.165) is 25.9 Å². The lowest BCUT2D eigenvalue weighted by atomic mass is 10.3. The smallest absolute Gasteiger partial charge is 0.289 e.